The third-order valence-corrected chi connectivity index (χ3v) is 2.78. The van der Waals surface area contributed by atoms with Crippen LogP contribution in [0.25, 0.3) is 0 Å². The minimum atomic E-state index is -0.928. The Labute approximate surface area is 108 Å². The number of anilines is 2. The van der Waals surface area contributed by atoms with E-state index in [1.165, 1.54) is 16.2 Å². The second-order valence-electron chi connectivity index (χ2n) is 4.06. The first kappa shape index (κ1) is 12.5. The highest BCUT2D eigenvalue weighted by Crippen LogP contribution is 2.21. The number of nitrogens with one attached hydrogen (secondary N) is 1. The lowest BCUT2D eigenvalue weighted by atomic mass is 10.2. The molecule has 0 amide bonds. The van der Waals surface area contributed by atoms with Crippen LogP contribution in [0, 0.1) is 0 Å². The molecule has 18 heavy (non-hydrogen) atoms. The van der Waals surface area contributed by atoms with Crippen molar-refractivity contribution in [3.05, 3.63) is 18.2 Å². The molecule has 2 N–H and O–H groups in total. The molecule has 2 rings (SSSR count). The van der Waals surface area contributed by atoms with Gasteiger partial charge < -0.3 is 10.4 Å². The largest absolute Gasteiger partial charge is 0.480 e. The van der Waals surface area contributed by atoms with Crippen LogP contribution in [0.3, 0.4) is 0 Å². The molecule has 0 saturated heterocycles. The van der Waals surface area contributed by atoms with Gasteiger partial charge in [0.05, 0.1) is 11.9 Å². The van der Waals surface area contributed by atoms with Crippen LogP contribution in [-0.2, 0) is 11.3 Å². The summed E-state index contributed by atoms with van der Waals surface area (Å²) in [6, 6.07) is 0. The molecule has 96 valence electrons. The van der Waals surface area contributed by atoms with Crippen molar-refractivity contribution in [2.75, 3.05) is 5.32 Å². The average Bonchev–Trinajstić information content (AvgIpc) is 2.88. The number of carboxylic acid groups (broad SMARTS) is 1. The van der Waals surface area contributed by atoms with Crippen LogP contribution in [0.4, 0.5) is 10.8 Å². The Morgan fingerprint density at radius 2 is 2.39 bits per heavy atom. The van der Waals surface area contributed by atoms with E-state index in [4.69, 9.17) is 5.11 Å². The molecular weight excluding hydrogens is 254 g/mol. The lowest BCUT2D eigenvalue weighted by Crippen LogP contribution is -2.08. The third kappa shape index (κ3) is 3.04. The fraction of sp³-hybridized carbons (Fsp3) is 0.400. The van der Waals surface area contributed by atoms with E-state index in [1.54, 1.807) is 12.4 Å². The minimum absolute atomic E-state index is 0.158. The maximum absolute atomic E-state index is 10.5. The van der Waals surface area contributed by atoms with Crippen molar-refractivity contribution in [3.8, 4) is 0 Å². The number of carbonyl (C=O) groups is 1. The summed E-state index contributed by atoms with van der Waals surface area (Å²) in [7, 11) is 0. The normalized spacial score (nSPS) is 10.8. The summed E-state index contributed by atoms with van der Waals surface area (Å²) in [5, 5.41) is 16.3. The van der Waals surface area contributed by atoms with Crippen molar-refractivity contribution in [1.29, 1.82) is 0 Å². The van der Waals surface area contributed by atoms with Gasteiger partial charge in [0.15, 0.2) is 0 Å². The molecule has 0 aromatic carbocycles. The number of carboxylic acids is 1. The molecule has 8 heteroatoms. The lowest BCUT2D eigenvalue weighted by Gasteiger charge is -1.97. The molecule has 0 unspecified atom stereocenters. The van der Waals surface area contributed by atoms with Crippen LogP contribution in [0.15, 0.2) is 12.4 Å². The summed E-state index contributed by atoms with van der Waals surface area (Å²) in [5.74, 6) is 0.148. The maximum atomic E-state index is 10.5. The highest BCUT2D eigenvalue weighted by Gasteiger charge is 2.09. The summed E-state index contributed by atoms with van der Waals surface area (Å²) in [6.07, 6.45) is 3.17. The second kappa shape index (κ2) is 5.13. The topological polar surface area (TPSA) is 92.9 Å². The van der Waals surface area contributed by atoms with E-state index in [0.29, 0.717) is 10.8 Å². The molecule has 0 aliphatic heterocycles. The van der Waals surface area contributed by atoms with Gasteiger partial charge >= 0.3 is 5.97 Å². The number of aromatic nitrogens is 4. The fourth-order valence-corrected chi connectivity index (χ4v) is 2.03. The minimum Gasteiger partial charge on any atom is -0.480 e. The van der Waals surface area contributed by atoms with Crippen LogP contribution >= 0.6 is 11.5 Å². The van der Waals surface area contributed by atoms with Crippen LogP contribution in [0.1, 0.15) is 25.6 Å². The van der Waals surface area contributed by atoms with Gasteiger partial charge in [-0.2, -0.15) is 9.47 Å². The SMILES string of the molecule is CC(C)c1nsc(Nc2cnn(CC(=O)O)c2)n1. The highest BCUT2D eigenvalue weighted by molar-refractivity contribution is 7.09. The summed E-state index contributed by atoms with van der Waals surface area (Å²) in [5.41, 5.74) is 0.697. The van der Waals surface area contributed by atoms with Crippen molar-refractivity contribution in [1.82, 2.24) is 19.1 Å². The van der Waals surface area contributed by atoms with E-state index in [9.17, 15) is 4.79 Å². The zero-order chi connectivity index (χ0) is 13.1. The first-order valence-electron chi connectivity index (χ1n) is 5.39. The van der Waals surface area contributed by atoms with E-state index in [1.807, 2.05) is 13.8 Å². The Bertz CT molecular complexity index is 548. The molecular formula is C10H13N5O2S. The number of hydrogen-bond donors (Lipinski definition) is 2. The van der Waals surface area contributed by atoms with Crippen LogP contribution in [0.2, 0.25) is 0 Å². The zero-order valence-electron chi connectivity index (χ0n) is 9.99. The molecule has 7 nitrogen and oxygen atoms in total. The Balaban J connectivity index is 2.04. The standard InChI is InChI=1S/C10H13N5O2S/c1-6(2)9-13-10(18-14-9)12-7-3-11-15(4-7)5-8(16)17/h3-4,6H,5H2,1-2H3,(H,16,17)(H,12,13,14). The summed E-state index contributed by atoms with van der Waals surface area (Å²) in [4.78, 5) is 14.8. The first-order chi connectivity index (χ1) is 8.54. The van der Waals surface area contributed by atoms with Crippen LogP contribution in [0.5, 0.6) is 0 Å². The van der Waals surface area contributed by atoms with Crippen LogP contribution in [-0.4, -0.2) is 30.2 Å². The first-order valence-corrected chi connectivity index (χ1v) is 6.17. The van der Waals surface area contributed by atoms with Gasteiger partial charge in [0, 0.05) is 23.6 Å². The number of nitrogens with zero attached hydrogens (tertiary/aromatic N) is 4. The molecule has 0 atom stereocenters. The molecule has 2 aromatic rings. The van der Waals surface area contributed by atoms with Gasteiger partial charge in [-0.05, 0) is 0 Å². The van der Waals surface area contributed by atoms with Gasteiger partial charge in [0.2, 0.25) is 5.13 Å². The molecule has 0 aliphatic carbocycles. The van der Waals surface area contributed by atoms with E-state index < -0.39 is 5.97 Å². The predicted molar refractivity (Wildman–Crippen MR) is 67.1 cm³/mol. The summed E-state index contributed by atoms with van der Waals surface area (Å²) < 4.78 is 5.56. The van der Waals surface area contributed by atoms with Crippen molar-refractivity contribution >= 4 is 28.3 Å². The number of rotatable bonds is 5. The van der Waals surface area contributed by atoms with E-state index in [2.05, 4.69) is 19.8 Å². The Kier molecular flexibility index (Phi) is 3.56. The maximum Gasteiger partial charge on any atom is 0.325 e. The Morgan fingerprint density at radius 1 is 1.61 bits per heavy atom. The smallest absolute Gasteiger partial charge is 0.325 e. The van der Waals surface area contributed by atoms with E-state index in [-0.39, 0.29) is 12.5 Å². The molecule has 2 aromatic heterocycles. The lowest BCUT2D eigenvalue weighted by molar-refractivity contribution is -0.137. The van der Waals surface area contributed by atoms with E-state index >= 15 is 0 Å². The van der Waals surface area contributed by atoms with Gasteiger partial charge in [-0.1, -0.05) is 13.8 Å². The third-order valence-electron chi connectivity index (χ3n) is 2.14. The second-order valence-corrected chi connectivity index (χ2v) is 4.81. The van der Waals surface area contributed by atoms with Crippen molar-refractivity contribution < 1.29 is 9.90 Å². The van der Waals surface area contributed by atoms with Gasteiger partial charge in [-0.3, -0.25) is 9.48 Å². The fourth-order valence-electron chi connectivity index (χ4n) is 1.30. The number of aliphatic carboxylic acids is 1. The summed E-state index contributed by atoms with van der Waals surface area (Å²) >= 11 is 1.27. The summed E-state index contributed by atoms with van der Waals surface area (Å²) in [6.45, 7) is 3.89. The van der Waals surface area contributed by atoms with Crippen molar-refractivity contribution in [2.24, 2.45) is 0 Å². The molecule has 0 radical (unpaired) electrons. The van der Waals surface area contributed by atoms with Crippen molar-refractivity contribution in [3.63, 3.8) is 0 Å². The van der Waals surface area contributed by atoms with E-state index in [0.717, 1.165) is 5.82 Å². The van der Waals surface area contributed by atoms with Crippen LogP contribution < -0.4 is 5.32 Å². The number of hydrogen-bond acceptors (Lipinski definition) is 6. The molecule has 0 bridgehead atoms. The zero-order valence-corrected chi connectivity index (χ0v) is 10.8. The predicted octanol–water partition coefficient (Wildman–Crippen LogP) is 1.69. The molecule has 2 heterocycles. The molecule has 0 aliphatic rings. The van der Waals surface area contributed by atoms with Gasteiger partial charge in [0.1, 0.15) is 12.4 Å². The van der Waals surface area contributed by atoms with Gasteiger partial charge in [-0.25, -0.2) is 4.98 Å². The molecule has 0 saturated carbocycles. The van der Waals surface area contributed by atoms with Gasteiger partial charge in [-0.15, -0.1) is 0 Å². The van der Waals surface area contributed by atoms with Gasteiger partial charge in [0.25, 0.3) is 0 Å². The monoisotopic (exact) mass is 267 g/mol. The Morgan fingerprint density at radius 3 is 3.00 bits per heavy atom. The van der Waals surface area contributed by atoms with Crippen molar-refractivity contribution in [2.45, 2.75) is 26.3 Å². The quantitative estimate of drug-likeness (QED) is 0.856. The Hall–Kier alpha value is -1.96. The molecule has 0 fully saturated rings. The highest BCUT2D eigenvalue weighted by atomic mass is 32.1. The molecule has 0 spiro atoms. The average molecular weight is 267 g/mol.